The lowest BCUT2D eigenvalue weighted by molar-refractivity contribution is -0.186. The fourth-order valence-electron chi connectivity index (χ4n) is 2.65. The van der Waals surface area contributed by atoms with Gasteiger partial charge in [0.15, 0.2) is 0 Å². The van der Waals surface area contributed by atoms with E-state index in [0.717, 1.165) is 9.96 Å². The zero-order chi connectivity index (χ0) is 19.8. The number of imide groups is 1. The summed E-state index contributed by atoms with van der Waals surface area (Å²) in [6.45, 7) is 4.17. The summed E-state index contributed by atoms with van der Waals surface area (Å²) in [6.07, 6.45) is 5.36. The van der Waals surface area contributed by atoms with Gasteiger partial charge in [-0.15, -0.1) is 5.06 Å². The highest BCUT2D eigenvalue weighted by Gasteiger charge is 2.28. The van der Waals surface area contributed by atoms with Crippen LogP contribution in [0.15, 0.2) is 24.4 Å². The van der Waals surface area contributed by atoms with Crippen molar-refractivity contribution in [3.63, 3.8) is 0 Å². The lowest BCUT2D eigenvalue weighted by atomic mass is 10.2. The van der Waals surface area contributed by atoms with E-state index in [4.69, 9.17) is 4.84 Å². The van der Waals surface area contributed by atoms with Crippen LogP contribution < -0.4 is 5.32 Å². The molecule has 0 aromatic rings. The van der Waals surface area contributed by atoms with Crippen molar-refractivity contribution in [1.29, 1.82) is 0 Å². The number of hydrogen-bond acceptors (Lipinski definition) is 6. The second-order valence-electron chi connectivity index (χ2n) is 6.29. The first-order chi connectivity index (χ1) is 12.9. The smallest absolute Gasteiger partial charge is 0.333 e. The van der Waals surface area contributed by atoms with Crippen LogP contribution >= 0.6 is 0 Å². The summed E-state index contributed by atoms with van der Waals surface area (Å²) >= 11 is 0. The van der Waals surface area contributed by atoms with Crippen LogP contribution in [0.1, 0.15) is 44.9 Å². The maximum atomic E-state index is 11.7. The molecule has 2 rings (SSSR count). The fourth-order valence-corrected chi connectivity index (χ4v) is 2.65. The second-order valence-corrected chi connectivity index (χ2v) is 6.29. The summed E-state index contributed by atoms with van der Waals surface area (Å²) in [5.41, 5.74) is 0.490. The number of nitrogens with zero attached hydrogens (tertiary/aromatic N) is 2. The van der Waals surface area contributed by atoms with Gasteiger partial charge in [-0.1, -0.05) is 13.0 Å². The monoisotopic (exact) mass is 377 g/mol. The second kappa shape index (κ2) is 9.65. The molecular formula is C18H23N3O6. The van der Waals surface area contributed by atoms with Crippen LogP contribution in [0.4, 0.5) is 0 Å². The van der Waals surface area contributed by atoms with E-state index < -0.39 is 17.8 Å². The van der Waals surface area contributed by atoms with Crippen LogP contribution in [0, 0.1) is 0 Å². The molecule has 0 spiro atoms. The SMILES string of the molecule is C=C1CCC(=O)N1OC(=O)CCCCCNC(=O)CCN1C(=O)C=CC1=O. The number of rotatable bonds is 10. The van der Waals surface area contributed by atoms with Crippen LogP contribution in [-0.4, -0.2) is 52.7 Å². The molecule has 0 atom stereocenters. The summed E-state index contributed by atoms with van der Waals surface area (Å²) in [4.78, 5) is 63.6. The normalized spacial score (nSPS) is 16.4. The number of amides is 4. The van der Waals surface area contributed by atoms with Gasteiger partial charge in [0.05, 0.1) is 5.70 Å². The first-order valence-electron chi connectivity index (χ1n) is 8.90. The van der Waals surface area contributed by atoms with Crippen LogP contribution in [0.5, 0.6) is 0 Å². The van der Waals surface area contributed by atoms with Crippen molar-refractivity contribution < 1.29 is 28.8 Å². The third kappa shape index (κ3) is 6.05. The summed E-state index contributed by atoms with van der Waals surface area (Å²) in [5.74, 6) is -1.79. The number of carbonyl (C=O) groups is 5. The van der Waals surface area contributed by atoms with Crippen molar-refractivity contribution in [2.75, 3.05) is 13.1 Å². The molecule has 0 bridgehead atoms. The van der Waals surface area contributed by atoms with Crippen molar-refractivity contribution >= 4 is 29.6 Å². The number of unbranched alkanes of at least 4 members (excludes halogenated alkanes) is 2. The number of carbonyl (C=O) groups excluding carboxylic acids is 5. The van der Waals surface area contributed by atoms with E-state index in [-0.39, 0.29) is 31.2 Å². The van der Waals surface area contributed by atoms with E-state index in [0.29, 0.717) is 44.3 Å². The van der Waals surface area contributed by atoms with Crippen LogP contribution in [-0.2, 0) is 28.8 Å². The Hall–Kier alpha value is -2.97. The quantitative estimate of drug-likeness (QED) is 0.440. The molecule has 1 N–H and O–H groups in total. The summed E-state index contributed by atoms with van der Waals surface area (Å²) < 4.78 is 0. The standard InChI is InChI=1S/C18H23N3O6/c1-13-6-7-17(25)21(13)27-18(26)5-3-2-4-11-19-14(22)10-12-20-15(23)8-9-16(20)24/h8-9H,1-7,10-12H2,(H,19,22). The number of hydrogen-bond donors (Lipinski definition) is 1. The molecule has 146 valence electrons. The first kappa shape index (κ1) is 20.3. The molecule has 0 radical (unpaired) electrons. The molecule has 9 nitrogen and oxygen atoms in total. The number of nitrogens with one attached hydrogen (secondary N) is 1. The molecular weight excluding hydrogens is 354 g/mol. The van der Waals surface area contributed by atoms with E-state index in [9.17, 15) is 24.0 Å². The van der Waals surface area contributed by atoms with Gasteiger partial charge in [0.1, 0.15) is 0 Å². The first-order valence-corrected chi connectivity index (χ1v) is 8.90. The van der Waals surface area contributed by atoms with E-state index in [2.05, 4.69) is 11.9 Å². The van der Waals surface area contributed by atoms with Gasteiger partial charge in [0.25, 0.3) is 17.7 Å². The minimum absolute atomic E-state index is 0.0548. The van der Waals surface area contributed by atoms with Crippen molar-refractivity contribution in [3.05, 3.63) is 24.4 Å². The molecule has 9 heteroatoms. The molecule has 1 saturated heterocycles. The van der Waals surface area contributed by atoms with Gasteiger partial charge in [-0.25, -0.2) is 4.79 Å². The Morgan fingerprint density at radius 1 is 1.04 bits per heavy atom. The van der Waals surface area contributed by atoms with Gasteiger partial charge in [-0.2, -0.15) is 0 Å². The Kier molecular flexibility index (Phi) is 7.27. The molecule has 0 saturated carbocycles. The molecule has 4 amide bonds. The predicted octanol–water partition coefficient (Wildman–Crippen LogP) is 0.572. The van der Waals surface area contributed by atoms with Crippen molar-refractivity contribution in [1.82, 2.24) is 15.3 Å². The largest absolute Gasteiger partial charge is 0.356 e. The van der Waals surface area contributed by atoms with Crippen LogP contribution in [0.3, 0.4) is 0 Å². The molecule has 2 aliphatic rings. The Morgan fingerprint density at radius 3 is 2.37 bits per heavy atom. The predicted molar refractivity (Wildman–Crippen MR) is 93.3 cm³/mol. The topological polar surface area (TPSA) is 113 Å². The summed E-state index contributed by atoms with van der Waals surface area (Å²) in [5, 5.41) is 3.67. The lowest BCUT2D eigenvalue weighted by Gasteiger charge is -2.15. The molecule has 2 aliphatic heterocycles. The van der Waals surface area contributed by atoms with Crippen molar-refractivity contribution in [3.8, 4) is 0 Å². The van der Waals surface area contributed by atoms with Crippen LogP contribution in [0.25, 0.3) is 0 Å². The van der Waals surface area contributed by atoms with Gasteiger partial charge < -0.3 is 10.2 Å². The summed E-state index contributed by atoms with van der Waals surface area (Å²) in [6, 6.07) is 0. The Balaban J connectivity index is 1.49. The molecule has 0 unspecified atom stereocenters. The zero-order valence-electron chi connectivity index (χ0n) is 15.1. The average Bonchev–Trinajstić information content (AvgIpc) is 3.12. The van der Waals surface area contributed by atoms with Crippen LogP contribution in [0.2, 0.25) is 0 Å². The third-order valence-electron chi connectivity index (χ3n) is 4.18. The van der Waals surface area contributed by atoms with Gasteiger partial charge in [0, 0.05) is 44.5 Å². The fraction of sp³-hybridized carbons (Fsp3) is 0.500. The van der Waals surface area contributed by atoms with E-state index in [1.807, 2.05) is 0 Å². The van der Waals surface area contributed by atoms with Gasteiger partial charge in [0.2, 0.25) is 5.91 Å². The molecule has 1 fully saturated rings. The van der Waals surface area contributed by atoms with Gasteiger partial charge >= 0.3 is 5.97 Å². The molecule has 0 aromatic carbocycles. The van der Waals surface area contributed by atoms with E-state index in [1.165, 1.54) is 12.2 Å². The number of allylic oxidation sites excluding steroid dienone is 1. The lowest BCUT2D eigenvalue weighted by Crippen LogP contribution is -2.34. The van der Waals surface area contributed by atoms with Gasteiger partial charge in [-0.05, 0) is 19.3 Å². The molecule has 2 heterocycles. The Morgan fingerprint density at radius 2 is 1.74 bits per heavy atom. The van der Waals surface area contributed by atoms with E-state index in [1.54, 1.807) is 0 Å². The molecule has 27 heavy (non-hydrogen) atoms. The Bertz CT molecular complexity index is 651. The van der Waals surface area contributed by atoms with Crippen molar-refractivity contribution in [2.24, 2.45) is 0 Å². The highest BCUT2D eigenvalue weighted by Crippen LogP contribution is 2.21. The highest BCUT2D eigenvalue weighted by molar-refractivity contribution is 6.13. The molecule has 0 aromatic heterocycles. The highest BCUT2D eigenvalue weighted by atomic mass is 16.7. The van der Waals surface area contributed by atoms with E-state index >= 15 is 0 Å². The maximum Gasteiger partial charge on any atom is 0.333 e. The average molecular weight is 377 g/mol. The third-order valence-corrected chi connectivity index (χ3v) is 4.18. The van der Waals surface area contributed by atoms with Gasteiger partial charge in [-0.3, -0.25) is 24.1 Å². The minimum Gasteiger partial charge on any atom is -0.356 e. The zero-order valence-corrected chi connectivity index (χ0v) is 15.1. The molecule has 0 aliphatic carbocycles. The summed E-state index contributed by atoms with van der Waals surface area (Å²) in [7, 11) is 0. The minimum atomic E-state index is -0.482. The van der Waals surface area contributed by atoms with Crippen molar-refractivity contribution in [2.45, 2.75) is 44.9 Å². The Labute approximate surface area is 156 Å². The number of hydroxylamine groups is 2. The maximum absolute atomic E-state index is 11.7.